The maximum Gasteiger partial charge on any atom is 0.414 e. The monoisotopic (exact) mass is 464 g/mol. The highest BCUT2D eigenvalue weighted by atomic mass is 16.6. The van der Waals surface area contributed by atoms with Crippen molar-refractivity contribution >= 4 is 23.7 Å². The van der Waals surface area contributed by atoms with Gasteiger partial charge >= 0.3 is 12.1 Å². The fraction of sp³-hybridized carbons (Fsp3) is 0.444. The summed E-state index contributed by atoms with van der Waals surface area (Å²) >= 11 is 0. The molecule has 7 nitrogen and oxygen atoms in total. The Hall–Kier alpha value is -3.35. The van der Waals surface area contributed by atoms with Crippen molar-refractivity contribution in [2.75, 3.05) is 11.4 Å². The van der Waals surface area contributed by atoms with E-state index in [0.29, 0.717) is 6.54 Å². The highest BCUT2D eigenvalue weighted by Gasteiger charge is 2.49. The first-order valence-electron chi connectivity index (χ1n) is 12.0. The Morgan fingerprint density at radius 1 is 1.09 bits per heavy atom. The average molecular weight is 465 g/mol. The maximum atomic E-state index is 13.3. The predicted molar refractivity (Wildman–Crippen MR) is 128 cm³/mol. The Balaban J connectivity index is 1.65. The Bertz CT molecular complexity index is 1040. The van der Waals surface area contributed by atoms with Crippen LogP contribution in [0.4, 0.5) is 10.5 Å². The number of aliphatic carboxylic acids is 1. The van der Waals surface area contributed by atoms with E-state index in [1.807, 2.05) is 66.4 Å². The van der Waals surface area contributed by atoms with Crippen LogP contribution in [0.15, 0.2) is 54.6 Å². The molecular weight excluding hydrogens is 432 g/mol. The Labute approximate surface area is 200 Å². The smallest absolute Gasteiger partial charge is 0.414 e. The number of hydrogen-bond acceptors (Lipinski definition) is 4. The maximum absolute atomic E-state index is 13.3. The molecule has 2 aliphatic rings. The zero-order chi connectivity index (χ0) is 24.2. The molecule has 4 atom stereocenters. The van der Waals surface area contributed by atoms with Crippen LogP contribution >= 0.6 is 0 Å². The predicted octanol–water partition coefficient (Wildman–Crippen LogP) is 5.01. The second-order valence-corrected chi connectivity index (χ2v) is 9.20. The number of carbonyl (C=O) groups excluding carboxylic acids is 2. The molecular formula is C27H32N2O5. The van der Waals surface area contributed by atoms with Gasteiger partial charge in [0, 0.05) is 24.4 Å². The third-order valence-corrected chi connectivity index (χ3v) is 7.05. The minimum absolute atomic E-state index is 0.0695. The van der Waals surface area contributed by atoms with Gasteiger partial charge in [0.2, 0.25) is 5.91 Å². The summed E-state index contributed by atoms with van der Waals surface area (Å²) in [5.74, 6) is -1.68. The van der Waals surface area contributed by atoms with Crippen molar-refractivity contribution in [3.63, 3.8) is 0 Å². The van der Waals surface area contributed by atoms with Crippen molar-refractivity contribution < 1.29 is 24.2 Å². The van der Waals surface area contributed by atoms with E-state index in [-0.39, 0.29) is 43.0 Å². The van der Waals surface area contributed by atoms with Gasteiger partial charge in [-0.05, 0) is 37.0 Å². The van der Waals surface area contributed by atoms with Crippen LogP contribution in [-0.4, -0.2) is 40.6 Å². The molecule has 0 bridgehead atoms. The van der Waals surface area contributed by atoms with E-state index in [9.17, 15) is 19.5 Å². The van der Waals surface area contributed by atoms with Gasteiger partial charge in [-0.2, -0.15) is 0 Å². The fourth-order valence-electron chi connectivity index (χ4n) is 5.57. The number of hydrogen-bond donors (Lipinski definition) is 1. The van der Waals surface area contributed by atoms with E-state index >= 15 is 0 Å². The molecule has 180 valence electrons. The number of nitrogens with zero attached hydrogens (tertiary/aromatic N) is 2. The number of benzene rings is 2. The summed E-state index contributed by atoms with van der Waals surface area (Å²) in [5.41, 5.74) is 2.61. The van der Waals surface area contributed by atoms with Gasteiger partial charge < -0.3 is 14.7 Å². The quantitative estimate of drug-likeness (QED) is 0.622. The van der Waals surface area contributed by atoms with E-state index in [4.69, 9.17) is 4.74 Å². The minimum Gasteiger partial charge on any atom is -0.481 e. The number of ether oxygens (including phenoxy) is 1. The van der Waals surface area contributed by atoms with E-state index in [2.05, 4.69) is 0 Å². The number of carboxylic acids is 1. The third kappa shape index (κ3) is 4.65. The summed E-state index contributed by atoms with van der Waals surface area (Å²) < 4.78 is 5.73. The molecule has 1 aliphatic carbocycles. The van der Waals surface area contributed by atoms with E-state index < -0.39 is 11.9 Å². The summed E-state index contributed by atoms with van der Waals surface area (Å²) in [6.45, 7) is 4.28. The number of para-hydroxylation sites is 1. The van der Waals surface area contributed by atoms with Crippen LogP contribution in [0.3, 0.4) is 0 Å². The van der Waals surface area contributed by atoms with Crippen LogP contribution in [0, 0.1) is 11.8 Å². The standard InChI is InChI=1S/C27H32N2O5/c1-3-28(26(32)18(2)16-24(30)31)25-20-12-7-8-14-22(20)29(23-15-9-13-21(23)25)27(33)34-17-19-10-5-4-6-11-19/h4-8,10-12,14,18,21,23,25H,3,9,13,15-17H2,1-2H3,(H,30,31)/t18?,21-,23+,25-/m0/s1. The number of rotatable bonds is 7. The lowest BCUT2D eigenvalue weighted by Crippen LogP contribution is -2.53. The second kappa shape index (κ2) is 10.3. The molecule has 1 unspecified atom stereocenters. The normalized spacial score (nSPS) is 21.8. The molecule has 7 heteroatoms. The van der Waals surface area contributed by atoms with Gasteiger partial charge in [-0.15, -0.1) is 0 Å². The summed E-state index contributed by atoms with van der Waals surface area (Å²) in [7, 11) is 0. The van der Waals surface area contributed by atoms with Crippen LogP contribution in [0.25, 0.3) is 0 Å². The van der Waals surface area contributed by atoms with Crippen molar-refractivity contribution in [3.8, 4) is 0 Å². The SMILES string of the molecule is CCN(C(=O)C(C)CC(=O)O)[C@H]1c2ccccc2N(C(=O)OCc2ccccc2)[C@@H]2CCC[C@@H]21. The van der Waals surface area contributed by atoms with Gasteiger partial charge in [-0.1, -0.05) is 61.9 Å². The first-order chi connectivity index (χ1) is 16.4. The average Bonchev–Trinajstić information content (AvgIpc) is 3.31. The van der Waals surface area contributed by atoms with E-state index in [0.717, 1.165) is 36.1 Å². The molecule has 1 heterocycles. The van der Waals surface area contributed by atoms with Gasteiger partial charge in [0.1, 0.15) is 6.61 Å². The molecule has 0 radical (unpaired) electrons. The second-order valence-electron chi connectivity index (χ2n) is 9.20. The van der Waals surface area contributed by atoms with Gasteiger partial charge in [0.15, 0.2) is 0 Å². The molecule has 2 aromatic carbocycles. The summed E-state index contributed by atoms with van der Waals surface area (Å²) in [6.07, 6.45) is 2.12. The molecule has 0 aromatic heterocycles. The summed E-state index contributed by atoms with van der Waals surface area (Å²) in [5, 5.41) is 9.21. The molecule has 2 amide bonds. The summed E-state index contributed by atoms with van der Waals surface area (Å²) in [4.78, 5) is 41.5. The molecule has 1 saturated carbocycles. The van der Waals surface area contributed by atoms with Crippen LogP contribution in [0.5, 0.6) is 0 Å². The van der Waals surface area contributed by atoms with Crippen molar-refractivity contribution in [1.82, 2.24) is 4.90 Å². The third-order valence-electron chi connectivity index (χ3n) is 7.05. The zero-order valence-electron chi connectivity index (χ0n) is 19.7. The van der Waals surface area contributed by atoms with E-state index in [1.54, 1.807) is 11.8 Å². The Morgan fingerprint density at radius 3 is 2.50 bits per heavy atom. The lowest BCUT2D eigenvalue weighted by molar-refractivity contribution is -0.146. The lowest BCUT2D eigenvalue weighted by atomic mass is 9.81. The molecule has 0 spiro atoms. The largest absolute Gasteiger partial charge is 0.481 e. The Kier molecular flexibility index (Phi) is 7.20. The highest BCUT2D eigenvalue weighted by Crippen LogP contribution is 2.50. The Morgan fingerprint density at radius 2 is 1.79 bits per heavy atom. The molecule has 1 aliphatic heterocycles. The van der Waals surface area contributed by atoms with Crippen molar-refractivity contribution in [2.45, 2.75) is 58.2 Å². The number of anilines is 1. The van der Waals surface area contributed by atoms with Crippen LogP contribution in [0.1, 0.15) is 56.7 Å². The van der Waals surface area contributed by atoms with E-state index in [1.165, 1.54) is 0 Å². The van der Waals surface area contributed by atoms with Gasteiger partial charge in [-0.25, -0.2) is 4.79 Å². The molecule has 2 aromatic rings. The van der Waals surface area contributed by atoms with Crippen LogP contribution < -0.4 is 4.90 Å². The highest BCUT2D eigenvalue weighted by molar-refractivity contribution is 5.91. The number of carbonyl (C=O) groups is 3. The molecule has 34 heavy (non-hydrogen) atoms. The van der Waals surface area contributed by atoms with Crippen molar-refractivity contribution in [1.29, 1.82) is 0 Å². The van der Waals surface area contributed by atoms with Gasteiger partial charge in [-0.3, -0.25) is 14.5 Å². The van der Waals surface area contributed by atoms with Crippen molar-refractivity contribution in [3.05, 3.63) is 65.7 Å². The molecule has 1 fully saturated rings. The van der Waals surface area contributed by atoms with Gasteiger partial charge in [0.05, 0.1) is 18.2 Å². The first kappa shape index (κ1) is 23.8. The number of amides is 2. The minimum atomic E-state index is -0.980. The van der Waals surface area contributed by atoms with Crippen molar-refractivity contribution in [2.24, 2.45) is 11.8 Å². The fourth-order valence-corrected chi connectivity index (χ4v) is 5.57. The first-order valence-corrected chi connectivity index (χ1v) is 12.0. The molecule has 1 N–H and O–H groups in total. The summed E-state index contributed by atoms with van der Waals surface area (Å²) in [6, 6.07) is 17.1. The number of carboxylic acid groups (broad SMARTS) is 1. The van der Waals surface area contributed by atoms with Crippen LogP contribution in [0.2, 0.25) is 0 Å². The molecule has 4 rings (SSSR count). The zero-order valence-corrected chi connectivity index (χ0v) is 19.7. The lowest BCUT2D eigenvalue weighted by Gasteiger charge is -2.47. The number of fused-ring (bicyclic) bond motifs is 2. The van der Waals surface area contributed by atoms with Gasteiger partial charge in [0.25, 0.3) is 0 Å². The topological polar surface area (TPSA) is 87.2 Å². The molecule has 0 saturated heterocycles. The van der Waals surface area contributed by atoms with Crippen LogP contribution in [-0.2, 0) is 20.9 Å².